The van der Waals surface area contributed by atoms with E-state index in [1.807, 2.05) is 0 Å². The van der Waals surface area contributed by atoms with Gasteiger partial charge in [-0.1, -0.05) is 0 Å². The highest BCUT2D eigenvalue weighted by atomic mass is 19.2. The summed E-state index contributed by atoms with van der Waals surface area (Å²) in [6.07, 6.45) is 0.745. The Hall–Kier alpha value is -1.56. The van der Waals surface area contributed by atoms with Gasteiger partial charge >= 0.3 is 0 Å². The summed E-state index contributed by atoms with van der Waals surface area (Å²) < 4.78 is 39.8. The maximum atomic E-state index is 13.4. The summed E-state index contributed by atoms with van der Waals surface area (Å²) in [5.74, 6) is -4.17. The van der Waals surface area contributed by atoms with Crippen molar-refractivity contribution in [3.8, 4) is 0 Å². The molecule has 0 spiro atoms. The number of halogens is 3. The Morgan fingerprint density at radius 2 is 1.80 bits per heavy atom. The molecule has 0 radical (unpaired) electrons. The van der Waals surface area contributed by atoms with E-state index in [2.05, 4.69) is 0 Å². The van der Waals surface area contributed by atoms with Crippen molar-refractivity contribution in [1.29, 1.82) is 0 Å². The first-order valence-electron chi connectivity index (χ1n) is 6.54. The van der Waals surface area contributed by atoms with Gasteiger partial charge in [-0.15, -0.1) is 0 Å². The zero-order chi connectivity index (χ0) is 15.0. The van der Waals surface area contributed by atoms with Crippen molar-refractivity contribution in [2.45, 2.75) is 44.8 Å². The summed E-state index contributed by atoms with van der Waals surface area (Å²) >= 11 is 0. The number of hydrogen-bond donors (Lipinski definition) is 1. The summed E-state index contributed by atoms with van der Waals surface area (Å²) in [5.41, 5.74) is 6.20. The van der Waals surface area contributed by atoms with E-state index in [4.69, 9.17) is 5.73 Å². The second kappa shape index (κ2) is 5.44. The number of hydrogen-bond acceptors (Lipinski definition) is 2. The number of carbonyl (C=O) groups excluding carboxylic acids is 1. The number of benzene rings is 1. The lowest BCUT2D eigenvalue weighted by Gasteiger charge is -2.42. The van der Waals surface area contributed by atoms with Crippen LogP contribution in [0.1, 0.15) is 38.3 Å². The van der Waals surface area contributed by atoms with E-state index < -0.39 is 29.5 Å². The van der Waals surface area contributed by atoms with Crippen LogP contribution in [-0.4, -0.2) is 22.9 Å². The second-order valence-corrected chi connectivity index (χ2v) is 5.34. The Morgan fingerprint density at radius 1 is 1.25 bits per heavy atom. The molecule has 1 amide bonds. The Bertz CT molecular complexity index is 510. The normalized spacial score (nSPS) is 23.6. The lowest BCUT2D eigenvalue weighted by atomic mass is 9.89. The Morgan fingerprint density at radius 3 is 2.30 bits per heavy atom. The van der Waals surface area contributed by atoms with Gasteiger partial charge in [0.2, 0.25) is 5.91 Å². The van der Waals surface area contributed by atoms with Crippen molar-refractivity contribution in [1.82, 2.24) is 4.90 Å². The zero-order valence-corrected chi connectivity index (χ0v) is 11.4. The van der Waals surface area contributed by atoms with Crippen molar-refractivity contribution in [3.63, 3.8) is 0 Å². The van der Waals surface area contributed by atoms with E-state index >= 15 is 0 Å². The smallest absolute Gasteiger partial charge is 0.223 e. The number of amides is 1. The average molecular weight is 286 g/mol. The Kier molecular flexibility index (Phi) is 4.04. The van der Waals surface area contributed by atoms with Gasteiger partial charge < -0.3 is 10.6 Å². The molecule has 3 nitrogen and oxygen atoms in total. The molecule has 1 saturated heterocycles. The summed E-state index contributed by atoms with van der Waals surface area (Å²) in [5, 5.41) is 0. The molecule has 0 saturated carbocycles. The third kappa shape index (κ3) is 2.52. The fourth-order valence-corrected chi connectivity index (χ4v) is 2.70. The Balaban J connectivity index is 2.48. The van der Waals surface area contributed by atoms with Gasteiger partial charge in [-0.05, 0) is 38.0 Å². The van der Waals surface area contributed by atoms with E-state index in [-0.39, 0.29) is 17.5 Å². The van der Waals surface area contributed by atoms with E-state index in [1.165, 1.54) is 4.90 Å². The lowest BCUT2D eigenvalue weighted by molar-refractivity contribution is -0.139. The summed E-state index contributed by atoms with van der Waals surface area (Å²) in [6, 6.07) is 0.601. The number of rotatable bonds is 2. The molecule has 2 unspecified atom stereocenters. The van der Waals surface area contributed by atoms with Crippen LogP contribution in [0.5, 0.6) is 0 Å². The third-order valence-corrected chi connectivity index (χ3v) is 3.59. The number of nitrogens with two attached hydrogens (primary N) is 1. The van der Waals surface area contributed by atoms with Crippen molar-refractivity contribution in [3.05, 3.63) is 35.1 Å². The van der Waals surface area contributed by atoms with Gasteiger partial charge in [0.15, 0.2) is 17.5 Å². The minimum atomic E-state index is -1.51. The standard InChI is InChI=1S/C14H17F3N2O/c1-7(2)19-12(20)4-3-11(18)14(19)8-5-9(15)13(17)10(16)6-8/h5-7,11,14H,3-4,18H2,1-2H3. The van der Waals surface area contributed by atoms with Gasteiger partial charge in [-0.2, -0.15) is 0 Å². The van der Waals surface area contributed by atoms with Crippen LogP contribution in [-0.2, 0) is 4.79 Å². The van der Waals surface area contributed by atoms with Crippen LogP contribution < -0.4 is 5.73 Å². The van der Waals surface area contributed by atoms with Gasteiger partial charge in [0.1, 0.15) is 0 Å². The number of carbonyl (C=O) groups is 1. The second-order valence-electron chi connectivity index (χ2n) is 5.34. The highest BCUT2D eigenvalue weighted by Gasteiger charge is 2.37. The number of nitrogens with zero attached hydrogens (tertiary/aromatic N) is 1. The van der Waals surface area contributed by atoms with Crippen LogP contribution in [0.4, 0.5) is 13.2 Å². The van der Waals surface area contributed by atoms with E-state index in [0.717, 1.165) is 12.1 Å². The summed E-state index contributed by atoms with van der Waals surface area (Å²) in [7, 11) is 0. The monoisotopic (exact) mass is 286 g/mol. The molecule has 2 N–H and O–H groups in total. The number of likely N-dealkylation sites (tertiary alicyclic amines) is 1. The summed E-state index contributed by atoms with van der Waals surface area (Å²) in [6.45, 7) is 3.61. The van der Waals surface area contributed by atoms with Gasteiger partial charge in [0, 0.05) is 18.5 Å². The molecule has 20 heavy (non-hydrogen) atoms. The average Bonchev–Trinajstić information content (AvgIpc) is 2.37. The molecule has 2 rings (SSSR count). The topological polar surface area (TPSA) is 46.3 Å². The predicted octanol–water partition coefficient (Wildman–Crippen LogP) is 2.50. The first-order chi connectivity index (χ1) is 9.32. The minimum absolute atomic E-state index is 0.114. The molecule has 0 aliphatic carbocycles. The van der Waals surface area contributed by atoms with Gasteiger partial charge in [0.05, 0.1) is 6.04 Å². The van der Waals surface area contributed by atoms with Crippen LogP contribution >= 0.6 is 0 Å². The first-order valence-corrected chi connectivity index (χ1v) is 6.54. The third-order valence-electron chi connectivity index (χ3n) is 3.59. The molecule has 1 aromatic rings. The fraction of sp³-hybridized carbons (Fsp3) is 0.500. The minimum Gasteiger partial charge on any atom is -0.332 e. The molecule has 1 heterocycles. The van der Waals surface area contributed by atoms with Gasteiger partial charge in [0.25, 0.3) is 0 Å². The summed E-state index contributed by atoms with van der Waals surface area (Å²) in [4.78, 5) is 13.5. The fourth-order valence-electron chi connectivity index (χ4n) is 2.70. The van der Waals surface area contributed by atoms with E-state index in [1.54, 1.807) is 13.8 Å². The van der Waals surface area contributed by atoms with Crippen LogP contribution in [0.2, 0.25) is 0 Å². The quantitative estimate of drug-likeness (QED) is 0.849. The van der Waals surface area contributed by atoms with Crippen LogP contribution in [0.25, 0.3) is 0 Å². The zero-order valence-electron chi connectivity index (χ0n) is 11.4. The molecule has 2 atom stereocenters. The van der Waals surface area contributed by atoms with Crippen molar-refractivity contribution in [2.75, 3.05) is 0 Å². The molecular formula is C14H17F3N2O. The van der Waals surface area contributed by atoms with Gasteiger partial charge in [-0.3, -0.25) is 4.79 Å². The van der Waals surface area contributed by atoms with Crippen LogP contribution in [0, 0.1) is 17.5 Å². The molecule has 1 aliphatic heterocycles. The molecule has 110 valence electrons. The molecular weight excluding hydrogens is 269 g/mol. The molecule has 6 heteroatoms. The largest absolute Gasteiger partial charge is 0.332 e. The van der Waals surface area contributed by atoms with Crippen molar-refractivity contribution in [2.24, 2.45) is 5.73 Å². The maximum absolute atomic E-state index is 13.4. The lowest BCUT2D eigenvalue weighted by Crippen LogP contribution is -2.51. The Labute approximate surface area is 115 Å². The van der Waals surface area contributed by atoms with Crippen LogP contribution in [0.15, 0.2) is 12.1 Å². The van der Waals surface area contributed by atoms with Crippen molar-refractivity contribution >= 4 is 5.91 Å². The predicted molar refractivity (Wildman–Crippen MR) is 68.2 cm³/mol. The highest BCUT2D eigenvalue weighted by Crippen LogP contribution is 2.33. The van der Waals surface area contributed by atoms with E-state index in [0.29, 0.717) is 12.8 Å². The SMILES string of the molecule is CC(C)N1C(=O)CCC(N)C1c1cc(F)c(F)c(F)c1. The van der Waals surface area contributed by atoms with E-state index in [9.17, 15) is 18.0 Å². The molecule has 1 aliphatic rings. The van der Waals surface area contributed by atoms with Crippen LogP contribution in [0.3, 0.4) is 0 Å². The molecule has 0 aromatic heterocycles. The molecule has 1 fully saturated rings. The molecule has 0 bridgehead atoms. The van der Waals surface area contributed by atoms with Gasteiger partial charge in [-0.25, -0.2) is 13.2 Å². The highest BCUT2D eigenvalue weighted by molar-refractivity contribution is 5.78. The first kappa shape index (κ1) is 14.8. The number of piperidine rings is 1. The van der Waals surface area contributed by atoms with Crippen molar-refractivity contribution < 1.29 is 18.0 Å². The maximum Gasteiger partial charge on any atom is 0.223 e. The molecule has 1 aromatic carbocycles.